The van der Waals surface area contributed by atoms with E-state index in [1.807, 2.05) is 0 Å². The quantitative estimate of drug-likeness (QED) is 0.0956. The molecule has 4 bridgehead atoms. The highest BCUT2D eigenvalue weighted by molar-refractivity contribution is 5.89. The van der Waals surface area contributed by atoms with Crippen LogP contribution in [0.15, 0.2) is 25.0 Å². The van der Waals surface area contributed by atoms with Gasteiger partial charge in [-0.2, -0.15) is 171 Å². The molecule has 0 aromatic heterocycles. The number of hydrogen-bond acceptors (Lipinski definition) is 9. The van der Waals surface area contributed by atoms with Gasteiger partial charge in [-0.1, -0.05) is 13.2 Å². The van der Waals surface area contributed by atoms with Crippen molar-refractivity contribution >= 4 is 5.97 Å². The summed E-state index contributed by atoms with van der Waals surface area (Å²) in [5, 5.41) is 18.9. The highest BCUT2D eigenvalue weighted by Crippen LogP contribution is 2.71. The molecule has 8 rings (SSSR count). The summed E-state index contributed by atoms with van der Waals surface area (Å²) < 4.78 is 537. The molecule has 8 aliphatic rings. The van der Waals surface area contributed by atoms with E-state index in [1.165, 1.54) is 0 Å². The summed E-state index contributed by atoms with van der Waals surface area (Å²) in [6.45, 7) is 5.16. The summed E-state index contributed by atoms with van der Waals surface area (Å²) >= 11 is 0. The highest BCUT2D eigenvalue weighted by Gasteiger charge is 2.88. The van der Waals surface area contributed by atoms with Crippen molar-refractivity contribution in [2.24, 2.45) is 59.2 Å². The van der Waals surface area contributed by atoms with Crippen LogP contribution in [0, 0.1) is 59.2 Å². The van der Waals surface area contributed by atoms with Crippen molar-refractivity contribution < 1.29 is 215 Å². The third-order valence-corrected chi connectivity index (χ3v) is 19.8. The van der Waals surface area contributed by atoms with Crippen LogP contribution in [0.3, 0.4) is 0 Å². The van der Waals surface area contributed by atoms with Gasteiger partial charge in [0.1, 0.15) is 11.7 Å². The van der Waals surface area contributed by atoms with Crippen LogP contribution in [-0.2, 0) is 33.2 Å². The Morgan fingerprint density at radius 2 is 0.650 bits per heavy atom. The highest BCUT2D eigenvalue weighted by atomic mass is 19.5. The van der Waals surface area contributed by atoms with Gasteiger partial charge in [0.15, 0.2) is 0 Å². The van der Waals surface area contributed by atoms with Crippen molar-refractivity contribution in [3.05, 3.63) is 25.0 Å². The monoisotopic (exact) mass is 1560 g/mol. The van der Waals surface area contributed by atoms with E-state index in [0.717, 1.165) is 0 Å². The number of carbonyl (C=O) groups is 1. The van der Waals surface area contributed by atoms with Crippen molar-refractivity contribution in [3.63, 3.8) is 0 Å². The Morgan fingerprint density at radius 1 is 0.390 bits per heavy atom. The first-order valence-corrected chi connectivity index (χ1v) is 28.2. The van der Waals surface area contributed by atoms with Gasteiger partial charge in [-0.25, -0.2) is 4.79 Å². The topological polar surface area (TPSA) is 113 Å². The lowest BCUT2D eigenvalue weighted by atomic mass is 9.65. The molecule has 0 aromatic rings. The lowest BCUT2D eigenvalue weighted by Crippen LogP contribution is -2.75. The van der Waals surface area contributed by atoms with Crippen LogP contribution >= 0.6 is 0 Å². The van der Waals surface area contributed by atoms with E-state index >= 15 is 0 Å². The van der Waals surface area contributed by atoms with E-state index in [0.29, 0.717) is 44.8 Å². The number of halogens is 39. The van der Waals surface area contributed by atoms with Gasteiger partial charge in [0, 0.05) is 49.7 Å². The van der Waals surface area contributed by atoms with E-state index in [2.05, 4.69) is 41.6 Å². The molecular weight excluding hydrogens is 1510 g/mol. The van der Waals surface area contributed by atoms with Crippen LogP contribution in [0.4, 0.5) is 171 Å². The van der Waals surface area contributed by atoms with E-state index in [-0.39, 0.29) is 26.1 Å². The Hall–Kier alpha value is -4.22. The average molecular weight is 1560 g/mol. The SMILES string of the molecule is C=C(C(=O)OC1CC(C(O)(C(F)(F)F)C(F)(F)F)CC(C(O)(C(F)(F)F)C(F)(F)F)C1)C(F)(F)F.C=COC1CC(C(OC)(C(F)(F)F)C(F)(F)F)CC(C(OC)(C(F)(F)F)C(F)(F)F)C1.FC(F)(F)C1(C(F)(F)F)OC2C3CCC(C3)C21.FC(F)(F)C1(C(F)(F)F)OC2C3CCC(C3)C21. The fraction of sp³-hybridized carbons (Fsp3) is 0.904. The first kappa shape index (κ1) is 86.4. The van der Waals surface area contributed by atoms with Crippen molar-refractivity contribution in [2.45, 2.75) is 215 Å². The molecule has 48 heteroatoms. The van der Waals surface area contributed by atoms with Gasteiger partial charge in [-0.15, -0.1) is 0 Å². The normalized spacial score (nSPS) is 30.8. The Kier molecular flexibility index (Phi) is 23.1. The third kappa shape index (κ3) is 14.2. The van der Waals surface area contributed by atoms with Crippen LogP contribution in [-0.4, -0.2) is 169 Å². The Morgan fingerprint density at radius 3 is 0.870 bits per heavy atom. The average Bonchev–Trinajstić information content (AvgIpc) is 1.46. The van der Waals surface area contributed by atoms with Crippen LogP contribution in [0.25, 0.3) is 0 Å². The summed E-state index contributed by atoms with van der Waals surface area (Å²) in [5.41, 5.74) is -32.3. The van der Waals surface area contributed by atoms with E-state index in [1.54, 1.807) is 0 Å². The van der Waals surface area contributed by atoms with Crippen molar-refractivity contribution in [2.75, 3.05) is 14.2 Å². The molecule has 8 fully saturated rings. The second kappa shape index (κ2) is 26.7. The summed E-state index contributed by atoms with van der Waals surface area (Å²) in [6.07, 6.45) is -92.5. The summed E-state index contributed by atoms with van der Waals surface area (Å²) in [5.74, 6) is -19.9. The molecule has 100 heavy (non-hydrogen) atoms. The minimum absolute atomic E-state index is 0.0189. The van der Waals surface area contributed by atoms with Crippen molar-refractivity contribution in [3.8, 4) is 0 Å². The Balaban J connectivity index is 0.000000251. The zero-order chi connectivity index (χ0) is 78.2. The van der Waals surface area contributed by atoms with E-state index in [9.17, 15) is 186 Å². The van der Waals surface area contributed by atoms with Crippen LogP contribution in [0.2, 0.25) is 0 Å². The van der Waals surface area contributed by atoms with Gasteiger partial charge in [-0.05, 0) is 101 Å². The smallest absolute Gasteiger partial charge is 0.426 e. The van der Waals surface area contributed by atoms with Gasteiger partial charge in [0.25, 0.3) is 33.6 Å². The molecule has 12 unspecified atom stereocenters. The molecule has 9 nitrogen and oxygen atoms in total. The molecule has 2 heterocycles. The number of hydrogen-bond donors (Lipinski definition) is 2. The molecule has 2 saturated heterocycles. The van der Waals surface area contributed by atoms with Crippen LogP contribution in [0.1, 0.15) is 77.0 Å². The molecule has 6 aliphatic carbocycles. The number of carbonyl (C=O) groups excluding carboxylic acids is 1. The van der Waals surface area contributed by atoms with Gasteiger partial charge in [0.2, 0.25) is 0 Å². The molecule has 12 atom stereocenters. The first-order valence-electron chi connectivity index (χ1n) is 28.2. The number of ether oxygens (including phenoxy) is 6. The second-order valence-electron chi connectivity index (χ2n) is 24.9. The molecule has 0 spiro atoms. The lowest BCUT2D eigenvalue weighted by molar-refractivity contribution is -0.471. The fourth-order valence-corrected chi connectivity index (χ4v) is 15.6. The third-order valence-electron chi connectivity index (χ3n) is 19.8. The largest absolute Gasteiger partial charge is 0.499 e. The van der Waals surface area contributed by atoms with Crippen LogP contribution < -0.4 is 0 Å². The maximum absolute atomic E-state index is 13.6. The molecular formula is C52H51F39O9. The van der Waals surface area contributed by atoms with Crippen molar-refractivity contribution in [1.29, 1.82) is 0 Å². The number of methoxy groups -OCH3 is 2. The van der Waals surface area contributed by atoms with Gasteiger partial charge in [-0.3, -0.25) is 0 Å². The number of alkyl halides is 39. The molecule has 0 radical (unpaired) electrons. The molecule has 0 aromatic carbocycles. The standard InChI is InChI=1S/C16H13F15O4.C16H18F12O3.2C10H10F6O/c1-5(12(17,18)19)9(32)35-8-3-6(10(33,13(20,21)22)14(23,24)25)2-7(4-8)11(34,15(26,27)28)16(29,30)31;1-4-31-10-6-8(11(29-2,13(17,18)19)14(20,21)22)5-9(7-10)12(30-3,15(23,24)25)16(26,27)28;2*11-9(12,13)8(10(14,15)16)6-4-1-2-5(3-4)7(6)17-8/h6-8,33-34H,1-4H2;4,8-10H,1,5-7H2,2-3H3;2*4-7H,1-3H2. The number of esters is 1. The fourth-order valence-electron chi connectivity index (χ4n) is 15.6. The zero-order valence-electron chi connectivity index (χ0n) is 49.6. The molecule has 586 valence electrons. The minimum Gasteiger partial charge on any atom is -0.499 e. The maximum atomic E-state index is 13.6. The Labute approximate surface area is 534 Å². The van der Waals surface area contributed by atoms with Crippen molar-refractivity contribution in [1.82, 2.24) is 0 Å². The predicted molar refractivity (Wildman–Crippen MR) is 248 cm³/mol. The number of fused-ring (bicyclic) bond motifs is 10. The predicted octanol–water partition coefficient (Wildman–Crippen LogP) is 17.7. The zero-order valence-corrected chi connectivity index (χ0v) is 49.6. The van der Waals surface area contributed by atoms with Gasteiger partial charge < -0.3 is 38.6 Å². The molecule has 6 saturated carbocycles. The minimum atomic E-state index is -6.78. The van der Waals surface area contributed by atoms with E-state index < -0.39 is 236 Å². The van der Waals surface area contributed by atoms with Gasteiger partial charge in [0.05, 0.1) is 24.6 Å². The summed E-state index contributed by atoms with van der Waals surface area (Å²) in [4.78, 5) is 11.5. The molecule has 2 N–H and O–H groups in total. The molecule has 0 amide bonds. The first-order chi connectivity index (χ1) is 44.3. The lowest BCUT2D eigenvalue weighted by Gasteiger charge is -2.56. The number of rotatable bonds is 10. The number of aliphatic hydroxyl groups is 2. The Bertz CT molecular complexity index is 2600. The van der Waals surface area contributed by atoms with E-state index in [4.69, 9.17) is 0 Å². The van der Waals surface area contributed by atoms with Crippen LogP contribution in [0.5, 0.6) is 0 Å². The summed E-state index contributed by atoms with van der Waals surface area (Å²) in [7, 11) is 0.0378. The second-order valence-corrected chi connectivity index (χ2v) is 24.9. The van der Waals surface area contributed by atoms with Gasteiger partial charge >= 0.3 is 86.3 Å². The maximum Gasteiger partial charge on any atom is 0.426 e. The summed E-state index contributed by atoms with van der Waals surface area (Å²) in [6, 6.07) is 0. The molecule has 2 aliphatic heterocycles.